The van der Waals surface area contributed by atoms with Crippen LogP contribution in [0.4, 0.5) is 10.6 Å². The lowest BCUT2D eigenvalue weighted by Gasteiger charge is -2.15. The van der Waals surface area contributed by atoms with Crippen LogP contribution >= 0.6 is 0 Å². The summed E-state index contributed by atoms with van der Waals surface area (Å²) in [6.07, 6.45) is 0.211. The molecule has 26 heavy (non-hydrogen) atoms. The predicted octanol–water partition coefficient (Wildman–Crippen LogP) is 2.06. The van der Waals surface area contributed by atoms with E-state index in [1.807, 2.05) is 13.0 Å². The molecule has 0 spiro atoms. The SMILES string of the molecule is CCNC(=O)N1Cc2[nH]nc(NC(=O)CCC(=O)c3ccccc3)c2C1. The van der Waals surface area contributed by atoms with Crippen molar-refractivity contribution >= 4 is 23.5 Å². The minimum absolute atomic E-state index is 0.0737. The van der Waals surface area contributed by atoms with Crippen molar-refractivity contribution in [1.29, 1.82) is 0 Å². The lowest BCUT2D eigenvalue weighted by atomic mass is 10.1. The quantitative estimate of drug-likeness (QED) is 0.689. The third-order valence-corrected chi connectivity index (χ3v) is 4.20. The van der Waals surface area contributed by atoms with E-state index in [0.717, 1.165) is 11.3 Å². The molecule has 0 atom stereocenters. The first kappa shape index (κ1) is 17.7. The van der Waals surface area contributed by atoms with Crippen LogP contribution in [0, 0.1) is 0 Å². The highest BCUT2D eigenvalue weighted by atomic mass is 16.2. The van der Waals surface area contributed by atoms with Gasteiger partial charge in [0.05, 0.1) is 18.8 Å². The van der Waals surface area contributed by atoms with Crippen molar-refractivity contribution < 1.29 is 14.4 Å². The third kappa shape index (κ3) is 3.90. The standard InChI is InChI=1S/C18H21N5O3/c1-2-19-18(26)23-10-13-14(11-23)21-22-17(13)20-16(25)9-8-15(24)12-6-4-3-5-7-12/h3-7H,2,8-11H2,1H3,(H,19,26)(H2,20,21,22,25). The maximum Gasteiger partial charge on any atom is 0.318 e. The van der Waals surface area contributed by atoms with Crippen molar-refractivity contribution in [3.05, 3.63) is 47.2 Å². The molecule has 1 aromatic heterocycles. The monoisotopic (exact) mass is 355 g/mol. The number of hydrogen-bond acceptors (Lipinski definition) is 4. The first-order chi connectivity index (χ1) is 12.6. The van der Waals surface area contributed by atoms with E-state index in [4.69, 9.17) is 0 Å². The van der Waals surface area contributed by atoms with Crippen LogP contribution in [-0.2, 0) is 17.9 Å². The van der Waals surface area contributed by atoms with Crippen molar-refractivity contribution in [2.45, 2.75) is 32.9 Å². The Bertz CT molecular complexity index is 815. The van der Waals surface area contributed by atoms with E-state index < -0.39 is 0 Å². The van der Waals surface area contributed by atoms with Crippen LogP contribution < -0.4 is 10.6 Å². The summed E-state index contributed by atoms with van der Waals surface area (Å²) in [5, 5.41) is 12.4. The van der Waals surface area contributed by atoms with Gasteiger partial charge in [0, 0.05) is 30.5 Å². The van der Waals surface area contributed by atoms with E-state index in [1.165, 1.54) is 0 Å². The molecule has 3 amide bonds. The molecule has 0 bridgehead atoms. The highest BCUT2D eigenvalue weighted by Crippen LogP contribution is 2.27. The largest absolute Gasteiger partial charge is 0.338 e. The summed E-state index contributed by atoms with van der Waals surface area (Å²) < 4.78 is 0. The van der Waals surface area contributed by atoms with Crippen LogP contribution in [0.5, 0.6) is 0 Å². The molecule has 3 N–H and O–H groups in total. The van der Waals surface area contributed by atoms with Gasteiger partial charge in [-0.3, -0.25) is 14.7 Å². The van der Waals surface area contributed by atoms with E-state index in [0.29, 0.717) is 31.0 Å². The molecule has 2 heterocycles. The van der Waals surface area contributed by atoms with Gasteiger partial charge < -0.3 is 15.5 Å². The smallest absolute Gasteiger partial charge is 0.318 e. The van der Waals surface area contributed by atoms with E-state index >= 15 is 0 Å². The normalized spacial score (nSPS) is 12.6. The van der Waals surface area contributed by atoms with E-state index in [-0.39, 0.29) is 30.6 Å². The van der Waals surface area contributed by atoms with Gasteiger partial charge in [-0.2, -0.15) is 5.10 Å². The topological polar surface area (TPSA) is 107 Å². The fourth-order valence-corrected chi connectivity index (χ4v) is 2.84. The van der Waals surface area contributed by atoms with Crippen LogP contribution in [0.2, 0.25) is 0 Å². The molecule has 1 aromatic carbocycles. The van der Waals surface area contributed by atoms with Gasteiger partial charge in [-0.15, -0.1) is 0 Å². The van der Waals surface area contributed by atoms with E-state index in [1.54, 1.807) is 29.2 Å². The first-order valence-corrected chi connectivity index (χ1v) is 8.55. The van der Waals surface area contributed by atoms with Crippen LogP contribution in [0.1, 0.15) is 41.4 Å². The Labute approximate surface area is 151 Å². The molecule has 0 radical (unpaired) electrons. The number of H-pyrrole nitrogens is 1. The fourth-order valence-electron chi connectivity index (χ4n) is 2.84. The maximum atomic E-state index is 12.2. The molecule has 2 aromatic rings. The molecule has 8 nitrogen and oxygen atoms in total. The van der Waals surface area contributed by atoms with Gasteiger partial charge >= 0.3 is 6.03 Å². The average molecular weight is 355 g/mol. The first-order valence-electron chi connectivity index (χ1n) is 8.55. The second kappa shape index (κ2) is 7.81. The number of rotatable bonds is 6. The number of nitrogens with zero attached hydrogens (tertiary/aromatic N) is 2. The molecule has 0 fully saturated rings. The van der Waals surface area contributed by atoms with Crippen LogP contribution in [0.3, 0.4) is 0 Å². The number of benzene rings is 1. The zero-order chi connectivity index (χ0) is 18.5. The maximum absolute atomic E-state index is 12.2. The molecule has 0 saturated heterocycles. The zero-order valence-corrected chi connectivity index (χ0v) is 14.5. The number of hydrogen-bond donors (Lipinski definition) is 3. The highest BCUT2D eigenvalue weighted by Gasteiger charge is 2.28. The van der Waals surface area contributed by atoms with Crippen molar-refractivity contribution in [3.8, 4) is 0 Å². The van der Waals surface area contributed by atoms with Crippen molar-refractivity contribution in [3.63, 3.8) is 0 Å². The fraction of sp³-hybridized carbons (Fsp3) is 0.333. The zero-order valence-electron chi connectivity index (χ0n) is 14.5. The highest BCUT2D eigenvalue weighted by molar-refractivity contribution is 6.00. The summed E-state index contributed by atoms with van der Waals surface area (Å²) >= 11 is 0. The number of urea groups is 1. The summed E-state index contributed by atoms with van der Waals surface area (Å²) in [5.74, 6) is 0.0689. The summed E-state index contributed by atoms with van der Waals surface area (Å²) in [5.41, 5.74) is 2.21. The Kier molecular flexibility index (Phi) is 5.31. The van der Waals surface area contributed by atoms with Gasteiger partial charge in [0.15, 0.2) is 11.6 Å². The number of carbonyl (C=O) groups is 3. The molecule has 0 saturated carbocycles. The predicted molar refractivity (Wildman–Crippen MR) is 95.5 cm³/mol. The lowest BCUT2D eigenvalue weighted by molar-refractivity contribution is -0.116. The van der Waals surface area contributed by atoms with Gasteiger partial charge in [0.2, 0.25) is 5.91 Å². The minimum Gasteiger partial charge on any atom is -0.338 e. The van der Waals surface area contributed by atoms with Crippen LogP contribution in [0.15, 0.2) is 30.3 Å². The van der Waals surface area contributed by atoms with Gasteiger partial charge in [-0.05, 0) is 6.92 Å². The molecule has 136 valence electrons. The number of aromatic amines is 1. The number of amides is 3. The Morgan fingerprint density at radius 2 is 1.92 bits per heavy atom. The summed E-state index contributed by atoms with van der Waals surface area (Å²) in [7, 11) is 0. The number of aromatic nitrogens is 2. The van der Waals surface area contributed by atoms with Crippen molar-refractivity contribution in [2.24, 2.45) is 0 Å². The number of anilines is 1. The third-order valence-electron chi connectivity index (χ3n) is 4.20. The summed E-state index contributed by atoms with van der Waals surface area (Å²) in [6, 6.07) is 8.74. The number of carbonyl (C=O) groups excluding carboxylic acids is 3. The molecule has 1 aliphatic heterocycles. The minimum atomic E-state index is -0.278. The second-order valence-electron chi connectivity index (χ2n) is 6.06. The Morgan fingerprint density at radius 3 is 2.65 bits per heavy atom. The van der Waals surface area contributed by atoms with E-state index in [2.05, 4.69) is 20.8 Å². The molecule has 1 aliphatic rings. The second-order valence-corrected chi connectivity index (χ2v) is 6.06. The number of ketones is 1. The lowest BCUT2D eigenvalue weighted by Crippen LogP contribution is -2.36. The summed E-state index contributed by atoms with van der Waals surface area (Å²) in [6.45, 7) is 3.23. The van der Waals surface area contributed by atoms with Gasteiger partial charge in [0.1, 0.15) is 0 Å². The van der Waals surface area contributed by atoms with Gasteiger partial charge in [0.25, 0.3) is 0 Å². The molecule has 0 unspecified atom stereocenters. The van der Waals surface area contributed by atoms with Gasteiger partial charge in [-0.1, -0.05) is 30.3 Å². The average Bonchev–Trinajstić information content (AvgIpc) is 3.23. The van der Waals surface area contributed by atoms with Crippen LogP contribution in [0.25, 0.3) is 0 Å². The molecular weight excluding hydrogens is 334 g/mol. The van der Waals surface area contributed by atoms with Crippen molar-refractivity contribution in [2.75, 3.05) is 11.9 Å². The Hall–Kier alpha value is -3.16. The number of nitrogens with one attached hydrogen (secondary N) is 3. The van der Waals surface area contributed by atoms with E-state index in [9.17, 15) is 14.4 Å². The number of Topliss-reactive ketones (excluding diaryl/α,β-unsaturated/α-hetero) is 1. The molecule has 3 rings (SSSR count). The summed E-state index contributed by atoms with van der Waals surface area (Å²) in [4.78, 5) is 37.8. The van der Waals surface area contributed by atoms with Gasteiger partial charge in [-0.25, -0.2) is 4.79 Å². The van der Waals surface area contributed by atoms with Crippen LogP contribution in [-0.4, -0.2) is 39.4 Å². The Morgan fingerprint density at radius 1 is 1.15 bits per heavy atom. The molecule has 0 aliphatic carbocycles. The Balaban J connectivity index is 1.54. The number of fused-ring (bicyclic) bond motifs is 1. The molecule has 8 heteroatoms. The van der Waals surface area contributed by atoms with Crippen molar-refractivity contribution in [1.82, 2.24) is 20.4 Å². The molecular formula is C18H21N5O3.